The summed E-state index contributed by atoms with van der Waals surface area (Å²) in [4.78, 5) is 27.2. The van der Waals surface area contributed by atoms with Gasteiger partial charge in [-0.1, -0.05) is 48.0 Å². The Kier molecular flexibility index (Phi) is 5.16. The van der Waals surface area contributed by atoms with Crippen LogP contribution in [-0.4, -0.2) is 15.7 Å². The molecule has 2 amide bonds. The fourth-order valence-corrected chi connectivity index (χ4v) is 5.09. The second-order valence-corrected chi connectivity index (χ2v) is 9.08. The van der Waals surface area contributed by atoms with Gasteiger partial charge in [-0.15, -0.1) is 0 Å². The van der Waals surface area contributed by atoms with Crippen molar-refractivity contribution in [2.24, 2.45) is 0 Å². The molecule has 0 N–H and O–H groups in total. The van der Waals surface area contributed by atoms with Crippen LogP contribution in [-0.2, 0) is 4.79 Å². The average Bonchev–Trinajstić information content (AvgIpc) is 3.22. The molecule has 4 aromatic rings. The number of rotatable bonds is 3. The lowest BCUT2D eigenvalue weighted by Gasteiger charge is -2.13. The summed E-state index contributed by atoms with van der Waals surface area (Å²) in [6.07, 6.45) is 1.81. The predicted octanol–water partition coefficient (Wildman–Crippen LogP) is 7.14. The van der Waals surface area contributed by atoms with Crippen LogP contribution in [0.5, 0.6) is 0 Å². The van der Waals surface area contributed by atoms with Crippen LogP contribution in [0.25, 0.3) is 22.5 Å². The van der Waals surface area contributed by atoms with Crippen molar-refractivity contribution in [3.8, 4) is 5.69 Å². The zero-order valence-electron chi connectivity index (χ0n) is 17.5. The first-order valence-corrected chi connectivity index (χ1v) is 11.3. The number of aromatic nitrogens is 1. The number of benzene rings is 3. The van der Waals surface area contributed by atoms with Gasteiger partial charge in [-0.2, -0.15) is 0 Å². The van der Waals surface area contributed by atoms with Crippen molar-refractivity contribution in [2.45, 2.75) is 13.8 Å². The molecule has 1 aliphatic heterocycles. The van der Waals surface area contributed by atoms with E-state index in [0.717, 1.165) is 39.8 Å². The molecule has 5 rings (SSSR count). The highest BCUT2D eigenvalue weighted by Gasteiger charge is 2.36. The molecule has 1 aromatic heterocycles. The normalized spacial score (nSPS) is 15.3. The van der Waals surface area contributed by atoms with Crippen molar-refractivity contribution < 1.29 is 9.59 Å². The summed E-state index contributed by atoms with van der Waals surface area (Å²) in [6.45, 7) is 4.08. The monoisotopic (exact) mass is 458 g/mol. The highest BCUT2D eigenvalue weighted by molar-refractivity contribution is 8.19. The lowest BCUT2D eigenvalue weighted by Crippen LogP contribution is -2.27. The molecule has 3 aromatic carbocycles. The molecule has 2 heterocycles. The van der Waals surface area contributed by atoms with Crippen molar-refractivity contribution in [1.82, 2.24) is 4.57 Å². The van der Waals surface area contributed by atoms with E-state index in [2.05, 4.69) is 28.8 Å². The molecule has 0 radical (unpaired) electrons. The van der Waals surface area contributed by atoms with Crippen LogP contribution < -0.4 is 4.90 Å². The van der Waals surface area contributed by atoms with E-state index in [0.29, 0.717) is 15.6 Å². The molecule has 0 bridgehead atoms. The molecule has 0 unspecified atom stereocenters. The molecule has 1 fully saturated rings. The van der Waals surface area contributed by atoms with Gasteiger partial charge in [0, 0.05) is 21.8 Å². The Hall–Kier alpha value is -3.28. The van der Waals surface area contributed by atoms with Gasteiger partial charge in [-0.05, 0) is 79.0 Å². The van der Waals surface area contributed by atoms with Gasteiger partial charge in [-0.25, -0.2) is 4.90 Å². The number of fused-ring (bicyclic) bond motifs is 1. The third-order valence-electron chi connectivity index (χ3n) is 5.64. The van der Waals surface area contributed by atoms with Crippen LogP contribution in [0.4, 0.5) is 10.5 Å². The fraction of sp³-hybridized carbons (Fsp3) is 0.0769. The Morgan fingerprint density at radius 2 is 1.62 bits per heavy atom. The molecule has 32 heavy (non-hydrogen) atoms. The summed E-state index contributed by atoms with van der Waals surface area (Å²) in [6, 6.07) is 23.3. The Bertz CT molecular complexity index is 1410. The number of amides is 2. The van der Waals surface area contributed by atoms with Crippen LogP contribution in [0, 0.1) is 13.8 Å². The predicted molar refractivity (Wildman–Crippen MR) is 133 cm³/mol. The van der Waals surface area contributed by atoms with Crippen LogP contribution in [0.15, 0.2) is 77.7 Å². The SMILES string of the molecule is Cc1cc(/C=C2/SC(=O)N(c3ccc(Cl)cc3)C2=O)c(C)n1-c1cccc2ccccc12. The summed E-state index contributed by atoms with van der Waals surface area (Å²) in [5.74, 6) is -0.322. The van der Waals surface area contributed by atoms with Crippen LogP contribution in [0.3, 0.4) is 0 Å². The van der Waals surface area contributed by atoms with Gasteiger partial charge in [0.15, 0.2) is 0 Å². The maximum Gasteiger partial charge on any atom is 0.298 e. The number of carbonyl (C=O) groups is 2. The average molecular weight is 459 g/mol. The van der Waals surface area contributed by atoms with E-state index in [1.165, 1.54) is 10.3 Å². The van der Waals surface area contributed by atoms with E-state index in [1.807, 2.05) is 44.2 Å². The summed E-state index contributed by atoms with van der Waals surface area (Å²) < 4.78 is 2.19. The molecule has 0 aliphatic carbocycles. The number of hydrogen-bond acceptors (Lipinski definition) is 3. The van der Waals surface area contributed by atoms with Gasteiger partial charge in [0.2, 0.25) is 0 Å². The number of anilines is 1. The minimum atomic E-state index is -0.322. The number of imide groups is 1. The first-order chi connectivity index (χ1) is 15.4. The number of hydrogen-bond donors (Lipinski definition) is 0. The Morgan fingerprint density at radius 3 is 2.41 bits per heavy atom. The quantitative estimate of drug-likeness (QED) is 0.306. The van der Waals surface area contributed by atoms with Gasteiger partial charge in [-0.3, -0.25) is 9.59 Å². The zero-order chi connectivity index (χ0) is 22.4. The van der Waals surface area contributed by atoms with E-state index < -0.39 is 0 Å². The lowest BCUT2D eigenvalue weighted by atomic mass is 10.1. The number of aryl methyl sites for hydroxylation is 1. The topological polar surface area (TPSA) is 42.3 Å². The van der Waals surface area contributed by atoms with Gasteiger partial charge in [0.1, 0.15) is 0 Å². The Morgan fingerprint density at radius 1 is 0.906 bits per heavy atom. The highest BCUT2D eigenvalue weighted by atomic mass is 35.5. The molecular weight excluding hydrogens is 440 g/mol. The first-order valence-electron chi connectivity index (χ1n) is 10.1. The van der Waals surface area contributed by atoms with Crippen molar-refractivity contribution in [3.63, 3.8) is 0 Å². The summed E-state index contributed by atoms with van der Waals surface area (Å²) in [7, 11) is 0. The van der Waals surface area contributed by atoms with Crippen molar-refractivity contribution in [2.75, 3.05) is 4.90 Å². The van der Waals surface area contributed by atoms with Crippen LogP contribution >= 0.6 is 23.4 Å². The van der Waals surface area contributed by atoms with Crippen molar-refractivity contribution >= 4 is 57.0 Å². The van der Waals surface area contributed by atoms with Gasteiger partial charge < -0.3 is 4.57 Å². The van der Waals surface area contributed by atoms with Crippen LogP contribution in [0.2, 0.25) is 5.02 Å². The van der Waals surface area contributed by atoms with Gasteiger partial charge in [0.05, 0.1) is 16.3 Å². The molecule has 0 saturated carbocycles. The third-order valence-corrected chi connectivity index (χ3v) is 6.76. The van der Waals surface area contributed by atoms with Crippen molar-refractivity contribution in [3.05, 3.63) is 99.7 Å². The highest BCUT2D eigenvalue weighted by Crippen LogP contribution is 2.37. The molecule has 4 nitrogen and oxygen atoms in total. The van der Waals surface area contributed by atoms with E-state index in [-0.39, 0.29) is 11.1 Å². The second kappa shape index (κ2) is 8.01. The van der Waals surface area contributed by atoms with Gasteiger partial charge in [0.25, 0.3) is 11.1 Å². The third kappa shape index (κ3) is 3.44. The maximum atomic E-state index is 13.0. The standard InChI is InChI=1S/C26H19ClN2O2S/c1-16-14-19(17(2)28(16)23-9-5-7-18-6-3-4-8-22(18)23)15-24-25(30)29(26(31)32-24)21-12-10-20(27)11-13-21/h3-15H,1-2H3/b24-15+. The number of halogens is 1. The van der Waals surface area contributed by atoms with Gasteiger partial charge >= 0.3 is 0 Å². The maximum absolute atomic E-state index is 13.0. The van der Waals surface area contributed by atoms with E-state index in [1.54, 1.807) is 24.3 Å². The minimum absolute atomic E-state index is 0.313. The molecular formula is C26H19ClN2O2S. The van der Waals surface area contributed by atoms with E-state index in [9.17, 15) is 9.59 Å². The first kappa shape index (κ1) is 20.6. The lowest BCUT2D eigenvalue weighted by molar-refractivity contribution is -0.113. The summed E-state index contributed by atoms with van der Waals surface area (Å²) >= 11 is 6.90. The number of carbonyl (C=O) groups excluding carboxylic acids is 2. The molecule has 1 aliphatic rings. The van der Waals surface area contributed by atoms with Crippen LogP contribution in [0.1, 0.15) is 17.0 Å². The molecule has 0 spiro atoms. The molecule has 0 atom stereocenters. The number of nitrogens with zero attached hydrogens (tertiary/aromatic N) is 2. The summed E-state index contributed by atoms with van der Waals surface area (Å²) in [5.41, 5.74) is 4.59. The second-order valence-electron chi connectivity index (χ2n) is 7.65. The Labute approximate surface area is 195 Å². The zero-order valence-corrected chi connectivity index (χ0v) is 19.1. The Balaban J connectivity index is 1.55. The minimum Gasteiger partial charge on any atom is -0.317 e. The van der Waals surface area contributed by atoms with E-state index >= 15 is 0 Å². The van der Waals surface area contributed by atoms with Crippen molar-refractivity contribution in [1.29, 1.82) is 0 Å². The largest absolute Gasteiger partial charge is 0.317 e. The molecule has 1 saturated heterocycles. The molecule has 158 valence electrons. The number of thioether (sulfide) groups is 1. The summed E-state index contributed by atoms with van der Waals surface area (Å²) in [5, 5.41) is 2.57. The molecule has 6 heteroatoms. The smallest absolute Gasteiger partial charge is 0.298 e. The fourth-order valence-electron chi connectivity index (χ4n) is 4.13. The van der Waals surface area contributed by atoms with E-state index in [4.69, 9.17) is 11.6 Å².